The van der Waals surface area contributed by atoms with Crippen molar-refractivity contribution in [1.82, 2.24) is 0 Å². The minimum absolute atomic E-state index is 0.538. The molecule has 3 N–H and O–H groups in total. The number of anilines is 2. The molecule has 0 fully saturated rings. The molecule has 0 aliphatic heterocycles. The minimum atomic E-state index is 0.538. The van der Waals surface area contributed by atoms with Crippen molar-refractivity contribution in [2.24, 2.45) is 0 Å². The van der Waals surface area contributed by atoms with E-state index in [1.165, 1.54) is 25.0 Å². The Morgan fingerprint density at radius 2 is 2.18 bits per heavy atom. The van der Waals surface area contributed by atoms with Crippen LogP contribution in [0.4, 0.5) is 11.4 Å². The zero-order valence-corrected chi connectivity index (χ0v) is 11.0. The number of hydrogen-bond donors (Lipinski definition) is 2. The summed E-state index contributed by atoms with van der Waals surface area (Å²) in [6, 6.07) is 7.53. The zero-order chi connectivity index (χ0) is 12.5. The van der Waals surface area contributed by atoms with Crippen LogP contribution in [0.3, 0.4) is 0 Å². The van der Waals surface area contributed by atoms with Crippen LogP contribution in [-0.4, -0.2) is 18.6 Å². The lowest BCUT2D eigenvalue weighted by atomic mass is 10.2. The quantitative estimate of drug-likeness (QED) is 0.576. The van der Waals surface area contributed by atoms with Gasteiger partial charge >= 0.3 is 0 Å². The number of benzene rings is 1. The van der Waals surface area contributed by atoms with Crippen LogP contribution in [0, 0.1) is 11.3 Å². The molecule has 0 aromatic heterocycles. The molecule has 0 aliphatic carbocycles. The molecular weight excluding hydrogens is 230 g/mol. The van der Waals surface area contributed by atoms with Crippen LogP contribution in [0.25, 0.3) is 0 Å². The molecule has 0 amide bonds. The number of rotatable bonds is 7. The highest BCUT2D eigenvalue weighted by Crippen LogP contribution is 2.17. The minimum Gasteiger partial charge on any atom is -0.398 e. The summed E-state index contributed by atoms with van der Waals surface area (Å²) in [7, 11) is 0. The molecule has 0 spiro atoms. The van der Waals surface area contributed by atoms with E-state index in [4.69, 9.17) is 11.0 Å². The van der Waals surface area contributed by atoms with Gasteiger partial charge in [0, 0.05) is 12.2 Å². The first-order chi connectivity index (χ1) is 8.27. The lowest BCUT2D eigenvalue weighted by Crippen LogP contribution is -2.02. The van der Waals surface area contributed by atoms with Crippen molar-refractivity contribution in [3.05, 3.63) is 23.8 Å². The van der Waals surface area contributed by atoms with Gasteiger partial charge in [-0.2, -0.15) is 17.0 Å². The fourth-order valence-electron chi connectivity index (χ4n) is 1.56. The molecule has 3 nitrogen and oxygen atoms in total. The second-order valence-corrected chi connectivity index (χ2v) is 4.88. The summed E-state index contributed by atoms with van der Waals surface area (Å²) in [6.07, 6.45) is 5.83. The molecular formula is C13H19N3S. The van der Waals surface area contributed by atoms with E-state index in [0.29, 0.717) is 11.3 Å². The Morgan fingerprint density at radius 3 is 2.82 bits per heavy atom. The van der Waals surface area contributed by atoms with Crippen LogP contribution < -0.4 is 11.1 Å². The largest absolute Gasteiger partial charge is 0.398 e. The third kappa shape index (κ3) is 5.01. The smallest absolute Gasteiger partial charge is 0.101 e. The van der Waals surface area contributed by atoms with E-state index in [9.17, 15) is 0 Å². The maximum Gasteiger partial charge on any atom is 0.101 e. The molecule has 0 unspecified atom stereocenters. The standard InChI is InChI=1S/C13H19N3S/c1-17-8-4-2-3-7-16-12-6-5-11(10-14)13(15)9-12/h5-6,9,16H,2-4,7-8,15H2,1H3. The number of nitrogens with one attached hydrogen (secondary N) is 1. The molecule has 0 bridgehead atoms. The molecule has 0 atom stereocenters. The molecule has 0 radical (unpaired) electrons. The van der Waals surface area contributed by atoms with Gasteiger partial charge in [0.1, 0.15) is 6.07 Å². The summed E-state index contributed by atoms with van der Waals surface area (Å²) in [6.45, 7) is 0.958. The number of nitrogens with two attached hydrogens (primary N) is 1. The molecule has 0 heterocycles. The normalized spacial score (nSPS) is 9.88. The van der Waals surface area contributed by atoms with Gasteiger partial charge < -0.3 is 11.1 Å². The Morgan fingerprint density at radius 1 is 1.35 bits per heavy atom. The van der Waals surface area contributed by atoms with E-state index in [1.807, 2.05) is 23.9 Å². The number of nitrogens with zero attached hydrogens (tertiary/aromatic N) is 1. The number of nitrogen functional groups attached to an aromatic ring is 1. The van der Waals surface area contributed by atoms with Crippen molar-refractivity contribution in [2.45, 2.75) is 19.3 Å². The fraction of sp³-hybridized carbons (Fsp3) is 0.462. The SMILES string of the molecule is CSCCCCCNc1ccc(C#N)c(N)c1. The van der Waals surface area contributed by atoms with E-state index in [0.717, 1.165) is 12.2 Å². The van der Waals surface area contributed by atoms with Crippen LogP contribution >= 0.6 is 11.8 Å². The monoisotopic (exact) mass is 249 g/mol. The van der Waals surface area contributed by atoms with E-state index >= 15 is 0 Å². The Balaban J connectivity index is 2.28. The van der Waals surface area contributed by atoms with Crippen LogP contribution in [0.15, 0.2) is 18.2 Å². The highest BCUT2D eigenvalue weighted by Gasteiger charge is 1.99. The molecule has 92 valence electrons. The summed E-state index contributed by atoms with van der Waals surface area (Å²) in [5, 5.41) is 12.1. The van der Waals surface area contributed by atoms with E-state index in [2.05, 4.69) is 17.6 Å². The van der Waals surface area contributed by atoms with Crippen LogP contribution in [0.5, 0.6) is 0 Å². The van der Waals surface area contributed by atoms with E-state index in [-0.39, 0.29) is 0 Å². The Hall–Kier alpha value is -1.34. The molecule has 17 heavy (non-hydrogen) atoms. The second kappa shape index (κ2) is 7.86. The first kappa shape index (κ1) is 13.7. The predicted molar refractivity (Wildman–Crippen MR) is 76.3 cm³/mol. The van der Waals surface area contributed by atoms with Crippen LogP contribution in [-0.2, 0) is 0 Å². The van der Waals surface area contributed by atoms with Gasteiger partial charge in [-0.25, -0.2) is 0 Å². The summed E-state index contributed by atoms with van der Waals surface area (Å²) < 4.78 is 0. The Bertz CT molecular complexity index is 385. The van der Waals surface area contributed by atoms with Gasteiger partial charge in [0.15, 0.2) is 0 Å². The lowest BCUT2D eigenvalue weighted by molar-refractivity contribution is 0.750. The number of thioether (sulfide) groups is 1. The average Bonchev–Trinajstić information content (AvgIpc) is 2.34. The fourth-order valence-corrected chi connectivity index (χ4v) is 2.05. The van der Waals surface area contributed by atoms with Gasteiger partial charge in [-0.15, -0.1) is 0 Å². The highest BCUT2D eigenvalue weighted by molar-refractivity contribution is 7.98. The highest BCUT2D eigenvalue weighted by atomic mass is 32.2. The summed E-state index contributed by atoms with van der Waals surface area (Å²) >= 11 is 1.89. The molecule has 0 aliphatic rings. The first-order valence-corrected chi connectivity index (χ1v) is 7.19. The molecule has 1 aromatic rings. The molecule has 4 heteroatoms. The van der Waals surface area contributed by atoms with Crippen molar-refractivity contribution < 1.29 is 0 Å². The van der Waals surface area contributed by atoms with Crippen molar-refractivity contribution in [3.63, 3.8) is 0 Å². The second-order valence-electron chi connectivity index (χ2n) is 3.89. The summed E-state index contributed by atoms with van der Waals surface area (Å²) in [5.41, 5.74) is 7.81. The maximum atomic E-state index is 8.75. The summed E-state index contributed by atoms with van der Waals surface area (Å²) in [5.74, 6) is 1.24. The van der Waals surface area contributed by atoms with E-state index in [1.54, 1.807) is 6.07 Å². The Labute approximate surface area is 107 Å². The van der Waals surface area contributed by atoms with Crippen molar-refractivity contribution in [3.8, 4) is 6.07 Å². The van der Waals surface area contributed by atoms with Crippen LogP contribution in [0.1, 0.15) is 24.8 Å². The van der Waals surface area contributed by atoms with Gasteiger partial charge in [0.05, 0.1) is 11.3 Å². The number of nitriles is 1. The Kier molecular flexibility index (Phi) is 6.34. The van der Waals surface area contributed by atoms with Gasteiger partial charge in [-0.3, -0.25) is 0 Å². The first-order valence-electron chi connectivity index (χ1n) is 5.80. The van der Waals surface area contributed by atoms with Gasteiger partial charge in [0.25, 0.3) is 0 Å². The summed E-state index contributed by atoms with van der Waals surface area (Å²) in [4.78, 5) is 0. The van der Waals surface area contributed by atoms with Gasteiger partial charge in [0.2, 0.25) is 0 Å². The number of hydrogen-bond acceptors (Lipinski definition) is 4. The third-order valence-electron chi connectivity index (χ3n) is 2.53. The molecule has 1 aromatic carbocycles. The van der Waals surface area contributed by atoms with E-state index < -0.39 is 0 Å². The third-order valence-corrected chi connectivity index (χ3v) is 3.22. The lowest BCUT2D eigenvalue weighted by Gasteiger charge is -2.07. The maximum absolute atomic E-state index is 8.75. The molecule has 1 rings (SSSR count). The predicted octanol–water partition coefficient (Wildman–Crippen LogP) is 3.09. The molecule has 0 saturated heterocycles. The zero-order valence-electron chi connectivity index (χ0n) is 10.2. The molecule has 0 saturated carbocycles. The van der Waals surface area contributed by atoms with Gasteiger partial charge in [-0.05, 0) is 43.0 Å². The topological polar surface area (TPSA) is 61.8 Å². The number of unbranched alkanes of at least 4 members (excludes halogenated alkanes) is 2. The van der Waals surface area contributed by atoms with Crippen molar-refractivity contribution in [1.29, 1.82) is 5.26 Å². The van der Waals surface area contributed by atoms with Crippen molar-refractivity contribution >= 4 is 23.1 Å². The van der Waals surface area contributed by atoms with Gasteiger partial charge in [-0.1, -0.05) is 6.42 Å². The average molecular weight is 249 g/mol. The van der Waals surface area contributed by atoms with Crippen molar-refractivity contribution in [2.75, 3.05) is 29.6 Å². The van der Waals surface area contributed by atoms with Crippen LogP contribution in [0.2, 0.25) is 0 Å².